The smallest absolute Gasteiger partial charge is 0.424 e. The van der Waals surface area contributed by atoms with Gasteiger partial charge in [0.25, 0.3) is 0 Å². The minimum absolute atomic E-state index is 0.0403. The molecule has 3 amide bonds. The van der Waals surface area contributed by atoms with Crippen LogP contribution in [0.15, 0.2) is 72.9 Å². The number of hydrogen-bond donors (Lipinski definition) is 2. The molecule has 0 bridgehead atoms. The third kappa shape index (κ3) is 9.31. The van der Waals surface area contributed by atoms with Gasteiger partial charge in [0.15, 0.2) is 0 Å². The van der Waals surface area contributed by atoms with Crippen molar-refractivity contribution in [2.45, 2.75) is 31.8 Å². The molecule has 0 saturated carbocycles. The molecule has 13 nitrogen and oxygen atoms in total. The molecule has 2 N–H and O–H groups in total. The molecule has 2 aromatic carbocycles. The van der Waals surface area contributed by atoms with Crippen molar-refractivity contribution < 1.29 is 33.4 Å². The Labute approximate surface area is 291 Å². The minimum Gasteiger partial charge on any atom is -0.447 e. The number of aromatic nitrogens is 2. The molecule has 1 aliphatic carbocycles. The maximum atomic E-state index is 13.2. The molecule has 0 radical (unpaired) electrons. The number of amides is 3. The number of aldehydes is 1. The summed E-state index contributed by atoms with van der Waals surface area (Å²) in [5, 5.41) is 9.48. The Morgan fingerprint density at radius 3 is 2.30 bits per heavy atom. The molecule has 0 fully saturated rings. The third-order valence-corrected chi connectivity index (χ3v) is 8.57. The average Bonchev–Trinajstić information content (AvgIpc) is 3.65. The fraction of sp³-hybridized carbons (Fsp3) is 0.378. The minimum atomic E-state index is -0.473. The lowest BCUT2D eigenvalue weighted by molar-refractivity contribution is -0.126. The molecule has 0 aliphatic heterocycles. The van der Waals surface area contributed by atoms with Gasteiger partial charge in [-0.2, -0.15) is 0 Å². The lowest BCUT2D eigenvalue weighted by Gasteiger charge is -2.28. The summed E-state index contributed by atoms with van der Waals surface area (Å²) in [5.41, 5.74) is 6.21. The molecular formula is C37H44N6O7. The van der Waals surface area contributed by atoms with E-state index in [1.807, 2.05) is 47.0 Å². The highest BCUT2D eigenvalue weighted by atomic mass is 16.6. The van der Waals surface area contributed by atoms with Crippen molar-refractivity contribution in [2.75, 3.05) is 60.2 Å². The predicted octanol–water partition coefficient (Wildman–Crippen LogP) is 3.51. The van der Waals surface area contributed by atoms with Gasteiger partial charge in [-0.3, -0.25) is 9.59 Å². The Morgan fingerprint density at radius 1 is 0.880 bits per heavy atom. The predicted molar refractivity (Wildman–Crippen MR) is 187 cm³/mol. The number of carbonyl (C=O) groups excluding carboxylic acids is 4. The van der Waals surface area contributed by atoms with Crippen molar-refractivity contribution in [1.29, 1.82) is 0 Å². The topological polar surface area (TPSA) is 144 Å². The van der Waals surface area contributed by atoms with Gasteiger partial charge >= 0.3 is 6.09 Å². The summed E-state index contributed by atoms with van der Waals surface area (Å²) in [7, 11) is 3.47. The molecule has 5 rings (SSSR count). The van der Waals surface area contributed by atoms with Crippen LogP contribution in [0.1, 0.15) is 35.6 Å². The summed E-state index contributed by atoms with van der Waals surface area (Å²) in [6.07, 6.45) is 2.50. The largest absolute Gasteiger partial charge is 0.447 e. The summed E-state index contributed by atoms with van der Waals surface area (Å²) in [6.45, 7) is 2.44. The van der Waals surface area contributed by atoms with Gasteiger partial charge in [-0.05, 0) is 40.5 Å². The fourth-order valence-corrected chi connectivity index (χ4v) is 5.95. The lowest BCUT2D eigenvalue weighted by atomic mass is 9.98. The van der Waals surface area contributed by atoms with E-state index < -0.39 is 6.09 Å². The Bertz CT molecular complexity index is 1730. The maximum absolute atomic E-state index is 13.2. The van der Waals surface area contributed by atoms with Crippen molar-refractivity contribution >= 4 is 35.2 Å². The van der Waals surface area contributed by atoms with Crippen LogP contribution in [-0.4, -0.2) is 104 Å². The Kier molecular flexibility index (Phi) is 13.1. The van der Waals surface area contributed by atoms with Gasteiger partial charge < -0.3 is 34.2 Å². The van der Waals surface area contributed by atoms with Gasteiger partial charge in [0.1, 0.15) is 18.5 Å². The standard InChI is InChI=1S/C37H44N6O7/c1-41(42(2)37(47)50-26-33-31-12-5-3-10-29(31)30-11-4-6-13-32(30)33)25-28-23-27-9-7-15-39-36(27)43(28)17-14-34(45)40-24-35(46)38-16-20-49-22-21-48-19-8-18-44/h3-7,9-13,15,18,23,33H,8,14,16-17,19-22,24-26H2,1-2H3,(H,38,46)(H,40,45). The van der Waals surface area contributed by atoms with E-state index in [2.05, 4.69) is 39.9 Å². The van der Waals surface area contributed by atoms with Crippen molar-refractivity contribution in [3.63, 3.8) is 0 Å². The van der Waals surface area contributed by atoms with Crippen molar-refractivity contribution in [3.05, 3.63) is 89.7 Å². The quantitative estimate of drug-likeness (QED) is 0.0862. The highest BCUT2D eigenvalue weighted by Crippen LogP contribution is 2.44. The molecule has 2 aromatic heterocycles. The van der Waals surface area contributed by atoms with Crippen LogP contribution < -0.4 is 10.6 Å². The number of pyridine rings is 1. The zero-order chi connectivity index (χ0) is 35.3. The van der Waals surface area contributed by atoms with E-state index in [1.54, 1.807) is 25.3 Å². The Hall–Kier alpha value is -5.11. The van der Waals surface area contributed by atoms with Crippen molar-refractivity contribution in [1.82, 2.24) is 30.2 Å². The second-order valence-electron chi connectivity index (χ2n) is 11.9. The second-order valence-corrected chi connectivity index (χ2v) is 11.9. The van der Waals surface area contributed by atoms with Gasteiger partial charge in [0.05, 0.1) is 39.5 Å². The zero-order valence-electron chi connectivity index (χ0n) is 28.5. The number of nitrogens with zero attached hydrogens (tertiary/aromatic N) is 4. The number of aryl methyl sites for hydroxylation is 1. The molecule has 4 aromatic rings. The lowest BCUT2D eigenvalue weighted by Crippen LogP contribution is -2.41. The van der Waals surface area contributed by atoms with Crippen molar-refractivity contribution in [2.24, 2.45) is 0 Å². The fourth-order valence-electron chi connectivity index (χ4n) is 5.95. The summed E-state index contributed by atoms with van der Waals surface area (Å²) in [4.78, 5) is 52.9. The van der Waals surface area contributed by atoms with Crippen LogP contribution >= 0.6 is 0 Å². The van der Waals surface area contributed by atoms with Gasteiger partial charge in [0, 0.05) is 63.2 Å². The summed E-state index contributed by atoms with van der Waals surface area (Å²) < 4.78 is 18.4. The molecule has 0 atom stereocenters. The van der Waals surface area contributed by atoms with Gasteiger partial charge in [0.2, 0.25) is 11.8 Å². The van der Waals surface area contributed by atoms with Crippen LogP contribution in [0.3, 0.4) is 0 Å². The van der Waals surface area contributed by atoms with Gasteiger partial charge in [-0.15, -0.1) is 0 Å². The Balaban J connectivity index is 1.09. The summed E-state index contributed by atoms with van der Waals surface area (Å²) in [5.74, 6) is -0.644. The number of rotatable bonds is 19. The zero-order valence-corrected chi connectivity index (χ0v) is 28.5. The maximum Gasteiger partial charge on any atom is 0.424 e. The molecule has 0 spiro atoms. The molecule has 1 aliphatic rings. The summed E-state index contributed by atoms with van der Waals surface area (Å²) >= 11 is 0. The number of fused-ring (bicyclic) bond motifs is 4. The van der Waals surface area contributed by atoms with Crippen LogP contribution in [0.2, 0.25) is 0 Å². The van der Waals surface area contributed by atoms with E-state index in [4.69, 9.17) is 14.2 Å². The normalized spacial score (nSPS) is 12.1. The molecule has 13 heteroatoms. The number of hydrogen-bond acceptors (Lipinski definition) is 9. The summed E-state index contributed by atoms with van der Waals surface area (Å²) in [6, 6.07) is 22.2. The second kappa shape index (κ2) is 18.0. The van der Waals surface area contributed by atoms with E-state index in [0.29, 0.717) is 52.5 Å². The SMILES string of the molecule is CN(Cc1cc2cccnc2n1CCC(=O)NCC(=O)NCCOCCOCCC=O)N(C)C(=O)OCC1c2ccccc2-c2ccccc21. The first-order valence-corrected chi connectivity index (χ1v) is 16.7. The van der Waals surface area contributed by atoms with Gasteiger partial charge in [-0.25, -0.2) is 19.8 Å². The molecular weight excluding hydrogens is 640 g/mol. The first kappa shape index (κ1) is 36.2. The number of ether oxygens (including phenoxy) is 3. The number of benzene rings is 2. The molecule has 50 heavy (non-hydrogen) atoms. The Morgan fingerprint density at radius 2 is 1.58 bits per heavy atom. The van der Waals surface area contributed by atoms with E-state index in [-0.39, 0.29) is 37.3 Å². The highest BCUT2D eigenvalue weighted by Gasteiger charge is 2.30. The number of nitrogens with one attached hydrogen (secondary N) is 2. The van der Waals surface area contributed by atoms with Crippen molar-refractivity contribution in [3.8, 4) is 11.1 Å². The third-order valence-electron chi connectivity index (χ3n) is 8.57. The van der Waals surface area contributed by atoms with E-state index >= 15 is 0 Å². The molecule has 0 saturated heterocycles. The average molecular weight is 685 g/mol. The first-order valence-electron chi connectivity index (χ1n) is 16.7. The molecule has 264 valence electrons. The van der Waals surface area contributed by atoms with Gasteiger partial charge in [-0.1, -0.05) is 48.5 Å². The molecule has 0 unspecified atom stereocenters. The van der Waals surface area contributed by atoms with E-state index in [0.717, 1.165) is 34.1 Å². The number of hydrazine groups is 1. The van der Waals surface area contributed by atoms with Crippen LogP contribution in [0.5, 0.6) is 0 Å². The van der Waals surface area contributed by atoms with Crippen LogP contribution in [0.25, 0.3) is 22.2 Å². The molecule has 2 heterocycles. The van der Waals surface area contributed by atoms with Crippen LogP contribution in [0, 0.1) is 0 Å². The monoisotopic (exact) mass is 684 g/mol. The van der Waals surface area contributed by atoms with E-state index in [1.165, 1.54) is 16.1 Å². The number of carbonyl (C=O) groups is 4. The first-order chi connectivity index (χ1) is 24.4. The van der Waals surface area contributed by atoms with Crippen LogP contribution in [0.4, 0.5) is 4.79 Å². The highest BCUT2D eigenvalue weighted by molar-refractivity contribution is 5.85. The van der Waals surface area contributed by atoms with Crippen LogP contribution in [-0.2, 0) is 41.7 Å². The van der Waals surface area contributed by atoms with E-state index in [9.17, 15) is 19.2 Å².